The van der Waals surface area contributed by atoms with Crippen LogP contribution in [0.2, 0.25) is 0 Å². The number of nitrogens with zero attached hydrogens (tertiary/aromatic N) is 1. The summed E-state index contributed by atoms with van der Waals surface area (Å²) >= 11 is 0. The molecule has 6 heteroatoms. The van der Waals surface area contributed by atoms with Crippen molar-refractivity contribution < 1.29 is 13.2 Å². The number of para-hydroxylation sites is 1. The Morgan fingerprint density at radius 1 is 1.00 bits per heavy atom. The van der Waals surface area contributed by atoms with Crippen molar-refractivity contribution in [3.05, 3.63) is 83.7 Å². The summed E-state index contributed by atoms with van der Waals surface area (Å²) in [6.45, 7) is 4.04. The monoisotopic (exact) mass is 394 g/mol. The maximum atomic E-state index is 12.2. The van der Waals surface area contributed by atoms with Crippen LogP contribution in [0.1, 0.15) is 17.0 Å². The van der Waals surface area contributed by atoms with Crippen LogP contribution in [0.3, 0.4) is 0 Å². The zero-order valence-electron chi connectivity index (χ0n) is 16.0. The summed E-state index contributed by atoms with van der Waals surface area (Å²) in [5, 5.41) is 2.74. The van der Waals surface area contributed by atoms with Crippen LogP contribution in [0, 0.1) is 13.8 Å². The van der Waals surface area contributed by atoms with Gasteiger partial charge in [-0.25, -0.2) is 8.42 Å². The zero-order chi connectivity index (χ0) is 20.3. The fourth-order valence-corrected chi connectivity index (χ4v) is 3.70. The highest BCUT2D eigenvalue weighted by Crippen LogP contribution is 2.22. The Morgan fingerprint density at radius 3 is 2.25 bits per heavy atom. The predicted octanol–water partition coefficient (Wildman–Crippen LogP) is 4.15. The number of anilines is 1. The predicted molar refractivity (Wildman–Crippen MR) is 112 cm³/mol. The second-order valence-electron chi connectivity index (χ2n) is 6.62. The number of sulfone groups is 1. The minimum atomic E-state index is -3.25. The molecule has 0 spiro atoms. The molecule has 1 heterocycles. The highest BCUT2D eigenvalue weighted by molar-refractivity contribution is 7.90. The van der Waals surface area contributed by atoms with Crippen LogP contribution in [-0.2, 0) is 14.6 Å². The molecule has 28 heavy (non-hydrogen) atoms. The van der Waals surface area contributed by atoms with Gasteiger partial charge in [-0.3, -0.25) is 4.79 Å². The first-order valence-electron chi connectivity index (χ1n) is 8.79. The molecule has 0 bridgehead atoms. The van der Waals surface area contributed by atoms with Gasteiger partial charge in [-0.2, -0.15) is 0 Å². The van der Waals surface area contributed by atoms with Gasteiger partial charge >= 0.3 is 0 Å². The summed E-state index contributed by atoms with van der Waals surface area (Å²) in [6.07, 6.45) is 4.40. The van der Waals surface area contributed by atoms with E-state index in [1.54, 1.807) is 18.2 Å². The fraction of sp³-hybridized carbons (Fsp3) is 0.136. The lowest BCUT2D eigenvalue weighted by atomic mass is 10.2. The number of nitrogens with one attached hydrogen (secondary N) is 1. The van der Waals surface area contributed by atoms with Crippen molar-refractivity contribution in [1.29, 1.82) is 0 Å². The fourth-order valence-electron chi connectivity index (χ4n) is 3.07. The van der Waals surface area contributed by atoms with Gasteiger partial charge in [-0.15, -0.1) is 0 Å². The van der Waals surface area contributed by atoms with Gasteiger partial charge in [0.25, 0.3) is 0 Å². The first-order valence-corrected chi connectivity index (χ1v) is 10.7. The third-order valence-corrected chi connectivity index (χ3v) is 5.58. The number of carbonyl (C=O) groups excluding carboxylic acids is 1. The second kappa shape index (κ2) is 7.86. The largest absolute Gasteiger partial charge is 0.323 e. The van der Waals surface area contributed by atoms with Crippen LogP contribution in [0.4, 0.5) is 5.69 Å². The van der Waals surface area contributed by atoms with Crippen LogP contribution in [0.25, 0.3) is 11.8 Å². The van der Waals surface area contributed by atoms with Gasteiger partial charge in [-0.05, 0) is 68.0 Å². The number of carbonyl (C=O) groups is 1. The van der Waals surface area contributed by atoms with Crippen molar-refractivity contribution in [2.75, 3.05) is 11.6 Å². The van der Waals surface area contributed by atoms with E-state index < -0.39 is 9.84 Å². The third kappa shape index (κ3) is 4.40. The Labute approximate surface area is 165 Å². The number of amides is 1. The number of aryl methyl sites for hydroxylation is 1. The molecule has 5 nitrogen and oxygen atoms in total. The van der Waals surface area contributed by atoms with Crippen LogP contribution in [0.5, 0.6) is 0 Å². The number of rotatable bonds is 5. The maximum absolute atomic E-state index is 12.2. The summed E-state index contributed by atoms with van der Waals surface area (Å²) in [5.74, 6) is -0.281. The van der Waals surface area contributed by atoms with E-state index in [4.69, 9.17) is 0 Å². The molecule has 144 valence electrons. The quantitative estimate of drug-likeness (QED) is 0.661. The first kappa shape index (κ1) is 19.6. The molecule has 0 aliphatic rings. The molecular weight excluding hydrogens is 372 g/mol. The minimum Gasteiger partial charge on any atom is -0.323 e. The SMILES string of the molecule is Cc1cc(/C=C/C(=O)Nc2ccc(S(C)(=O)=O)cc2)c(C)n1-c1ccccc1. The van der Waals surface area contributed by atoms with Crippen LogP contribution < -0.4 is 5.32 Å². The lowest BCUT2D eigenvalue weighted by Crippen LogP contribution is -2.08. The highest BCUT2D eigenvalue weighted by Gasteiger charge is 2.09. The molecule has 1 aromatic heterocycles. The summed E-state index contributed by atoms with van der Waals surface area (Å²) < 4.78 is 25.1. The Hall–Kier alpha value is -3.12. The Balaban J connectivity index is 1.75. The van der Waals surface area contributed by atoms with Crippen molar-refractivity contribution in [1.82, 2.24) is 4.57 Å². The van der Waals surface area contributed by atoms with E-state index in [0.717, 1.165) is 28.9 Å². The van der Waals surface area contributed by atoms with Crippen LogP contribution in [-0.4, -0.2) is 25.1 Å². The van der Waals surface area contributed by atoms with Gasteiger partial charge in [-0.1, -0.05) is 18.2 Å². The molecule has 0 radical (unpaired) electrons. The number of benzene rings is 2. The summed E-state index contributed by atoms with van der Waals surface area (Å²) in [6, 6.07) is 18.2. The Kier molecular flexibility index (Phi) is 5.51. The average Bonchev–Trinajstić information content (AvgIpc) is 2.94. The molecule has 0 saturated carbocycles. The van der Waals surface area contributed by atoms with Gasteiger partial charge in [0.1, 0.15) is 0 Å². The maximum Gasteiger partial charge on any atom is 0.248 e. The van der Waals surface area contributed by atoms with E-state index in [2.05, 4.69) is 9.88 Å². The molecule has 0 unspecified atom stereocenters. The molecule has 3 aromatic rings. The molecule has 0 aliphatic heterocycles. The third-order valence-electron chi connectivity index (χ3n) is 4.45. The second-order valence-corrected chi connectivity index (χ2v) is 8.63. The topological polar surface area (TPSA) is 68.2 Å². The van der Waals surface area contributed by atoms with E-state index in [0.29, 0.717) is 5.69 Å². The van der Waals surface area contributed by atoms with Gasteiger partial charge in [0.2, 0.25) is 5.91 Å². The standard InChI is InChI=1S/C22H22N2O3S/c1-16-15-18(17(2)24(16)20-7-5-4-6-8-20)9-14-22(25)23-19-10-12-21(13-11-19)28(3,26)27/h4-15H,1-3H3,(H,23,25)/b14-9+. The molecule has 0 atom stereocenters. The molecule has 3 rings (SSSR count). The Morgan fingerprint density at radius 2 is 1.64 bits per heavy atom. The molecule has 1 N–H and O–H groups in total. The first-order chi connectivity index (χ1) is 13.3. The lowest BCUT2D eigenvalue weighted by molar-refractivity contribution is -0.111. The molecule has 0 aliphatic carbocycles. The molecule has 2 aromatic carbocycles. The molecular formula is C22H22N2O3S. The number of aromatic nitrogens is 1. The lowest BCUT2D eigenvalue weighted by Gasteiger charge is -2.09. The van der Waals surface area contributed by atoms with Crippen molar-refractivity contribution in [2.24, 2.45) is 0 Å². The molecule has 0 fully saturated rings. The van der Waals surface area contributed by atoms with Gasteiger partial charge < -0.3 is 9.88 Å². The van der Waals surface area contributed by atoms with Crippen molar-refractivity contribution in [3.63, 3.8) is 0 Å². The van der Waals surface area contributed by atoms with E-state index >= 15 is 0 Å². The Bertz CT molecular complexity index is 1130. The van der Waals surface area contributed by atoms with Crippen molar-refractivity contribution in [2.45, 2.75) is 18.7 Å². The van der Waals surface area contributed by atoms with Gasteiger partial charge in [0.15, 0.2) is 9.84 Å². The van der Waals surface area contributed by atoms with Crippen molar-refractivity contribution >= 4 is 27.5 Å². The minimum absolute atomic E-state index is 0.217. The summed E-state index contributed by atoms with van der Waals surface area (Å²) in [4.78, 5) is 12.4. The van der Waals surface area contributed by atoms with E-state index in [9.17, 15) is 13.2 Å². The molecule has 1 amide bonds. The van der Waals surface area contributed by atoms with E-state index in [1.165, 1.54) is 18.2 Å². The zero-order valence-corrected chi connectivity index (χ0v) is 16.8. The van der Waals surface area contributed by atoms with Crippen LogP contribution >= 0.6 is 0 Å². The summed E-state index contributed by atoms with van der Waals surface area (Å²) in [5.41, 5.74) is 4.71. The molecule has 0 saturated heterocycles. The van der Waals surface area contributed by atoms with Gasteiger partial charge in [0, 0.05) is 35.1 Å². The van der Waals surface area contributed by atoms with Crippen molar-refractivity contribution in [3.8, 4) is 5.69 Å². The summed E-state index contributed by atoms with van der Waals surface area (Å²) in [7, 11) is -3.25. The van der Waals surface area contributed by atoms with Crippen LogP contribution in [0.15, 0.2) is 71.6 Å². The smallest absolute Gasteiger partial charge is 0.248 e. The normalized spacial score (nSPS) is 11.7. The highest BCUT2D eigenvalue weighted by atomic mass is 32.2. The number of hydrogen-bond acceptors (Lipinski definition) is 3. The number of hydrogen-bond donors (Lipinski definition) is 1. The van der Waals surface area contributed by atoms with E-state index in [1.807, 2.05) is 50.2 Å². The van der Waals surface area contributed by atoms with E-state index in [-0.39, 0.29) is 10.8 Å². The average molecular weight is 394 g/mol. The van der Waals surface area contributed by atoms with Gasteiger partial charge in [0.05, 0.1) is 4.90 Å².